The quantitative estimate of drug-likeness (QED) is 0.512. The van der Waals surface area contributed by atoms with Crippen molar-refractivity contribution in [2.45, 2.75) is 25.4 Å². The van der Waals surface area contributed by atoms with Crippen LogP contribution in [0.3, 0.4) is 0 Å². The standard InChI is InChI=1S/C21H22FN7S/c1-2-15-20(29-17(25-15)7-8-18(27-29)28-9-14(23)10-28)19(24)21-26-16(11-30-21)12-3-5-13(22)6-4-12/h3-8,11,14,19H,2,9-10,23-24H2,1H3. The molecule has 4 heterocycles. The Hall–Kier alpha value is -2.88. The Balaban J connectivity index is 1.53. The minimum atomic E-state index is -0.462. The minimum absolute atomic E-state index is 0.193. The van der Waals surface area contributed by atoms with Crippen molar-refractivity contribution in [3.63, 3.8) is 0 Å². The second-order valence-corrected chi connectivity index (χ2v) is 8.37. The van der Waals surface area contributed by atoms with Gasteiger partial charge in [0.1, 0.15) is 22.7 Å². The Morgan fingerprint density at radius 1 is 1.17 bits per heavy atom. The Morgan fingerprint density at radius 3 is 2.63 bits per heavy atom. The van der Waals surface area contributed by atoms with Crippen LogP contribution in [0, 0.1) is 5.82 Å². The van der Waals surface area contributed by atoms with E-state index in [0.717, 1.165) is 58.6 Å². The zero-order chi connectivity index (χ0) is 20.8. The number of nitrogens with two attached hydrogens (primary N) is 2. The number of imidazole rings is 1. The normalized spacial score (nSPS) is 15.5. The number of aromatic nitrogens is 4. The molecule has 1 saturated heterocycles. The molecule has 7 nitrogen and oxygen atoms in total. The lowest BCUT2D eigenvalue weighted by molar-refractivity contribution is 0.510. The Labute approximate surface area is 177 Å². The Bertz CT molecular complexity index is 1190. The van der Waals surface area contributed by atoms with Gasteiger partial charge in [-0.2, -0.15) is 0 Å². The molecule has 0 spiro atoms. The summed E-state index contributed by atoms with van der Waals surface area (Å²) in [4.78, 5) is 11.6. The largest absolute Gasteiger partial charge is 0.352 e. The molecule has 1 aliphatic rings. The first-order chi connectivity index (χ1) is 14.5. The van der Waals surface area contributed by atoms with Crippen molar-refractivity contribution in [1.29, 1.82) is 0 Å². The zero-order valence-electron chi connectivity index (χ0n) is 16.5. The first-order valence-corrected chi connectivity index (χ1v) is 10.8. The van der Waals surface area contributed by atoms with Crippen LogP contribution in [0.25, 0.3) is 16.9 Å². The van der Waals surface area contributed by atoms with E-state index in [4.69, 9.17) is 26.5 Å². The number of hydrogen-bond acceptors (Lipinski definition) is 7. The molecule has 1 unspecified atom stereocenters. The summed E-state index contributed by atoms with van der Waals surface area (Å²) >= 11 is 1.48. The van der Waals surface area contributed by atoms with Crippen LogP contribution in [0.1, 0.15) is 29.4 Å². The van der Waals surface area contributed by atoms with Crippen LogP contribution >= 0.6 is 11.3 Å². The van der Waals surface area contributed by atoms with E-state index in [2.05, 4.69) is 11.8 Å². The van der Waals surface area contributed by atoms with Crippen molar-refractivity contribution in [2.24, 2.45) is 11.5 Å². The summed E-state index contributed by atoms with van der Waals surface area (Å²) in [6.07, 6.45) is 0.743. The summed E-state index contributed by atoms with van der Waals surface area (Å²) in [5, 5.41) is 7.51. The molecule has 9 heteroatoms. The van der Waals surface area contributed by atoms with Crippen LogP contribution in [0.4, 0.5) is 10.2 Å². The van der Waals surface area contributed by atoms with Crippen molar-refractivity contribution in [3.8, 4) is 11.3 Å². The van der Waals surface area contributed by atoms with Gasteiger partial charge in [-0.25, -0.2) is 18.9 Å². The summed E-state index contributed by atoms with van der Waals surface area (Å²) in [5.41, 5.74) is 16.7. The first-order valence-electron chi connectivity index (χ1n) is 9.89. The summed E-state index contributed by atoms with van der Waals surface area (Å²) in [6, 6.07) is 9.97. The molecule has 30 heavy (non-hydrogen) atoms. The van der Waals surface area contributed by atoms with Crippen molar-refractivity contribution < 1.29 is 4.39 Å². The second-order valence-electron chi connectivity index (χ2n) is 7.48. The maximum atomic E-state index is 13.2. The van der Waals surface area contributed by atoms with E-state index in [-0.39, 0.29) is 11.9 Å². The molecule has 0 saturated carbocycles. The molecule has 1 fully saturated rings. The van der Waals surface area contributed by atoms with Gasteiger partial charge in [0.15, 0.2) is 5.65 Å². The van der Waals surface area contributed by atoms with Gasteiger partial charge in [-0.3, -0.25) is 0 Å². The number of anilines is 1. The van der Waals surface area contributed by atoms with E-state index in [1.54, 1.807) is 12.1 Å². The molecule has 0 aliphatic carbocycles. The Kier molecular flexibility index (Phi) is 4.73. The molecule has 1 aromatic carbocycles. The lowest BCUT2D eigenvalue weighted by Gasteiger charge is -2.37. The fraction of sp³-hybridized carbons (Fsp3) is 0.286. The van der Waals surface area contributed by atoms with Crippen LogP contribution in [0.15, 0.2) is 41.8 Å². The van der Waals surface area contributed by atoms with Gasteiger partial charge in [0.25, 0.3) is 0 Å². The molecule has 1 aliphatic heterocycles. The van der Waals surface area contributed by atoms with Crippen molar-refractivity contribution in [1.82, 2.24) is 19.6 Å². The highest BCUT2D eigenvalue weighted by atomic mass is 32.1. The number of nitrogens with zero attached hydrogens (tertiary/aromatic N) is 5. The molecular formula is C21H22FN7S. The lowest BCUT2D eigenvalue weighted by Crippen LogP contribution is -2.56. The van der Waals surface area contributed by atoms with Crippen LogP contribution in [-0.2, 0) is 6.42 Å². The second kappa shape index (κ2) is 7.42. The van der Waals surface area contributed by atoms with E-state index >= 15 is 0 Å². The van der Waals surface area contributed by atoms with Gasteiger partial charge in [0.2, 0.25) is 0 Å². The van der Waals surface area contributed by atoms with E-state index in [1.807, 2.05) is 22.0 Å². The predicted molar refractivity (Wildman–Crippen MR) is 116 cm³/mol. The highest BCUT2D eigenvalue weighted by Crippen LogP contribution is 2.30. The van der Waals surface area contributed by atoms with Gasteiger partial charge in [-0.1, -0.05) is 6.92 Å². The number of aryl methyl sites for hydroxylation is 1. The van der Waals surface area contributed by atoms with Crippen LogP contribution in [0.5, 0.6) is 0 Å². The number of hydrogen-bond donors (Lipinski definition) is 2. The fourth-order valence-electron chi connectivity index (χ4n) is 3.73. The third-order valence-electron chi connectivity index (χ3n) is 5.37. The number of benzene rings is 1. The van der Waals surface area contributed by atoms with Crippen LogP contribution in [-0.4, -0.2) is 38.7 Å². The maximum absolute atomic E-state index is 13.2. The lowest BCUT2D eigenvalue weighted by atomic mass is 10.1. The zero-order valence-corrected chi connectivity index (χ0v) is 17.3. The van der Waals surface area contributed by atoms with E-state index in [0.29, 0.717) is 0 Å². The molecule has 5 rings (SSSR count). The molecule has 3 aromatic heterocycles. The molecule has 0 radical (unpaired) electrons. The van der Waals surface area contributed by atoms with Crippen LogP contribution < -0.4 is 16.4 Å². The SMILES string of the molecule is CCc1nc2ccc(N3CC(N)C3)nn2c1C(N)c1nc(-c2ccc(F)cc2)cs1. The molecule has 154 valence electrons. The fourth-order valence-corrected chi connectivity index (χ4v) is 4.56. The maximum Gasteiger partial charge on any atom is 0.154 e. The predicted octanol–water partition coefficient (Wildman–Crippen LogP) is 2.75. The van der Waals surface area contributed by atoms with Gasteiger partial charge in [-0.15, -0.1) is 16.4 Å². The molecule has 1 atom stereocenters. The molecule has 0 bridgehead atoms. The topological polar surface area (TPSA) is 98.4 Å². The number of fused-ring (bicyclic) bond motifs is 1. The molecular weight excluding hydrogens is 401 g/mol. The summed E-state index contributed by atoms with van der Waals surface area (Å²) in [6.45, 7) is 3.64. The summed E-state index contributed by atoms with van der Waals surface area (Å²) in [5.74, 6) is 0.595. The Morgan fingerprint density at radius 2 is 1.93 bits per heavy atom. The van der Waals surface area contributed by atoms with Crippen molar-refractivity contribution >= 4 is 22.8 Å². The van der Waals surface area contributed by atoms with E-state index < -0.39 is 6.04 Å². The molecule has 4 aromatic rings. The third kappa shape index (κ3) is 3.24. The third-order valence-corrected chi connectivity index (χ3v) is 6.29. The van der Waals surface area contributed by atoms with E-state index in [1.165, 1.54) is 23.5 Å². The van der Waals surface area contributed by atoms with Crippen LogP contribution in [0.2, 0.25) is 0 Å². The number of rotatable bonds is 5. The smallest absolute Gasteiger partial charge is 0.154 e. The molecule has 0 amide bonds. The minimum Gasteiger partial charge on any atom is -0.352 e. The summed E-state index contributed by atoms with van der Waals surface area (Å²) in [7, 11) is 0. The van der Waals surface area contributed by atoms with Gasteiger partial charge in [0.05, 0.1) is 17.1 Å². The first kappa shape index (κ1) is 19.1. The average molecular weight is 424 g/mol. The highest BCUT2D eigenvalue weighted by molar-refractivity contribution is 7.10. The average Bonchev–Trinajstić information content (AvgIpc) is 3.36. The van der Waals surface area contributed by atoms with Crippen molar-refractivity contribution in [3.05, 3.63) is 64.0 Å². The monoisotopic (exact) mass is 423 g/mol. The number of thiazole rings is 1. The highest BCUT2D eigenvalue weighted by Gasteiger charge is 2.27. The van der Waals surface area contributed by atoms with Crippen molar-refractivity contribution in [2.75, 3.05) is 18.0 Å². The number of halogens is 1. The van der Waals surface area contributed by atoms with Gasteiger partial charge >= 0.3 is 0 Å². The van der Waals surface area contributed by atoms with Gasteiger partial charge in [0, 0.05) is 30.1 Å². The summed E-state index contributed by atoms with van der Waals surface area (Å²) < 4.78 is 15.1. The molecule has 4 N–H and O–H groups in total. The van der Waals surface area contributed by atoms with E-state index in [9.17, 15) is 4.39 Å². The van der Waals surface area contributed by atoms with Gasteiger partial charge < -0.3 is 16.4 Å². The van der Waals surface area contributed by atoms with Gasteiger partial charge in [-0.05, 0) is 42.8 Å².